The first-order chi connectivity index (χ1) is 6.20. The molecule has 0 aromatic carbocycles. The molecule has 3 heteroatoms. The summed E-state index contributed by atoms with van der Waals surface area (Å²) in [5, 5.41) is 0. The van der Waals surface area contributed by atoms with Gasteiger partial charge in [0.1, 0.15) is 0 Å². The molecule has 0 N–H and O–H groups in total. The van der Waals surface area contributed by atoms with E-state index in [1.165, 1.54) is 6.42 Å². The number of carbonyl (C=O) groups excluding carboxylic acids is 1. The van der Waals surface area contributed by atoms with Crippen LogP contribution in [0.15, 0.2) is 21.1 Å². The largest absolute Gasteiger partial charge is 0.293 e. The number of halogens is 2. The molecule has 4 atom stereocenters. The Labute approximate surface area is 93.5 Å². The van der Waals surface area contributed by atoms with Gasteiger partial charge in [-0.2, -0.15) is 0 Å². The number of ketones is 1. The van der Waals surface area contributed by atoms with Crippen LogP contribution in [0.25, 0.3) is 0 Å². The van der Waals surface area contributed by atoms with Crippen LogP contribution in [0, 0.1) is 23.7 Å². The zero-order valence-corrected chi connectivity index (χ0v) is 10.0. The summed E-state index contributed by atoms with van der Waals surface area (Å²) in [5.41, 5.74) is 0. The van der Waals surface area contributed by atoms with Gasteiger partial charge < -0.3 is 0 Å². The molecule has 68 valence electrons. The number of Topliss-reactive ketones (excluding diaryl/α,β-unsaturated/α-hetero) is 1. The molecule has 2 bridgehead atoms. The summed E-state index contributed by atoms with van der Waals surface area (Å²) in [4.78, 5) is 11.8. The van der Waals surface area contributed by atoms with E-state index < -0.39 is 0 Å². The lowest BCUT2D eigenvalue weighted by molar-refractivity contribution is -0.118. The van der Waals surface area contributed by atoms with Crippen molar-refractivity contribution in [1.29, 1.82) is 0 Å². The van der Waals surface area contributed by atoms with Gasteiger partial charge >= 0.3 is 0 Å². The zero-order chi connectivity index (χ0) is 9.16. The van der Waals surface area contributed by atoms with Crippen LogP contribution < -0.4 is 0 Å². The summed E-state index contributed by atoms with van der Waals surface area (Å²) in [6.45, 7) is 0. The van der Waals surface area contributed by atoms with Crippen LogP contribution in [0.3, 0.4) is 0 Å². The number of fused-ring (bicyclic) bond motifs is 5. The molecule has 1 fully saturated rings. The van der Waals surface area contributed by atoms with E-state index in [0.29, 0.717) is 23.5 Å². The highest BCUT2D eigenvalue weighted by Crippen LogP contribution is 2.58. The number of hydrogen-bond acceptors (Lipinski definition) is 1. The van der Waals surface area contributed by atoms with Crippen LogP contribution in [0.5, 0.6) is 0 Å². The first-order valence-electron chi connectivity index (χ1n) is 4.48. The zero-order valence-electron chi connectivity index (χ0n) is 6.84. The maximum Gasteiger partial charge on any atom is 0.174 e. The van der Waals surface area contributed by atoms with Gasteiger partial charge in [-0.05, 0) is 34.2 Å². The average Bonchev–Trinajstić information content (AvgIpc) is 2.76. The van der Waals surface area contributed by atoms with Crippen molar-refractivity contribution in [1.82, 2.24) is 0 Å². The Hall–Kier alpha value is 0.110. The van der Waals surface area contributed by atoms with Gasteiger partial charge in [-0.3, -0.25) is 4.79 Å². The SMILES string of the molecule is O=C1C(Br)=C(Br)[C@H]2[C@H]1[C@@H]1C=C[C@@H]2C1. The van der Waals surface area contributed by atoms with Crippen molar-refractivity contribution in [2.45, 2.75) is 6.42 Å². The Morgan fingerprint density at radius 3 is 2.38 bits per heavy atom. The molecule has 0 saturated heterocycles. The molecule has 13 heavy (non-hydrogen) atoms. The fourth-order valence-electron chi connectivity index (χ4n) is 2.94. The van der Waals surface area contributed by atoms with Crippen molar-refractivity contribution in [3.8, 4) is 0 Å². The smallest absolute Gasteiger partial charge is 0.174 e. The standard InChI is InChI=1S/C10H8Br2O/c11-8-6-4-1-2-5(3-4)7(6)10(13)9(8)12/h1-2,4-7H,3H2/t4-,5-,6-,7-/m1/s1. The predicted molar refractivity (Wildman–Crippen MR) is 57.6 cm³/mol. The van der Waals surface area contributed by atoms with E-state index in [-0.39, 0.29) is 5.92 Å². The van der Waals surface area contributed by atoms with Gasteiger partial charge in [0.05, 0.1) is 4.48 Å². The average molecular weight is 304 g/mol. The molecule has 0 radical (unpaired) electrons. The number of carbonyl (C=O) groups is 1. The van der Waals surface area contributed by atoms with E-state index in [9.17, 15) is 4.79 Å². The van der Waals surface area contributed by atoms with Gasteiger partial charge in [-0.1, -0.05) is 28.1 Å². The molecular weight excluding hydrogens is 296 g/mol. The minimum Gasteiger partial charge on any atom is -0.293 e. The van der Waals surface area contributed by atoms with Gasteiger partial charge in [0.2, 0.25) is 0 Å². The van der Waals surface area contributed by atoms with Crippen molar-refractivity contribution in [3.63, 3.8) is 0 Å². The summed E-state index contributed by atoms with van der Waals surface area (Å²) in [6.07, 6.45) is 5.66. The van der Waals surface area contributed by atoms with Crippen molar-refractivity contribution in [2.24, 2.45) is 23.7 Å². The summed E-state index contributed by atoms with van der Waals surface area (Å²) < 4.78 is 1.88. The van der Waals surface area contributed by atoms with E-state index in [0.717, 1.165) is 8.96 Å². The highest BCUT2D eigenvalue weighted by Gasteiger charge is 2.53. The molecule has 0 aromatic rings. The van der Waals surface area contributed by atoms with Crippen LogP contribution in [-0.4, -0.2) is 5.78 Å². The number of hydrogen-bond donors (Lipinski definition) is 0. The predicted octanol–water partition coefficient (Wildman–Crippen LogP) is 3.01. The molecular formula is C10H8Br2O. The molecule has 0 amide bonds. The highest BCUT2D eigenvalue weighted by atomic mass is 79.9. The Kier molecular flexibility index (Phi) is 1.67. The van der Waals surface area contributed by atoms with Crippen molar-refractivity contribution in [2.75, 3.05) is 0 Å². The van der Waals surface area contributed by atoms with Gasteiger partial charge in [0.25, 0.3) is 0 Å². The molecule has 0 heterocycles. The first-order valence-corrected chi connectivity index (χ1v) is 6.06. The monoisotopic (exact) mass is 302 g/mol. The molecule has 0 aromatic heterocycles. The van der Waals surface area contributed by atoms with Crippen molar-refractivity contribution in [3.05, 3.63) is 21.1 Å². The molecule has 3 aliphatic carbocycles. The fourth-order valence-corrected chi connectivity index (χ4v) is 4.28. The maximum atomic E-state index is 11.8. The third-order valence-electron chi connectivity index (χ3n) is 3.48. The normalized spacial score (nSPS) is 46.5. The molecule has 3 aliphatic rings. The van der Waals surface area contributed by atoms with E-state index >= 15 is 0 Å². The van der Waals surface area contributed by atoms with Crippen molar-refractivity contribution >= 4 is 37.6 Å². The fraction of sp³-hybridized carbons (Fsp3) is 0.500. The van der Waals surface area contributed by atoms with Gasteiger partial charge in [-0.25, -0.2) is 0 Å². The molecule has 0 unspecified atom stereocenters. The maximum absolute atomic E-state index is 11.8. The Balaban J connectivity index is 2.11. The Morgan fingerprint density at radius 2 is 1.77 bits per heavy atom. The second-order valence-electron chi connectivity index (χ2n) is 4.03. The lowest BCUT2D eigenvalue weighted by atomic mass is 9.85. The summed E-state index contributed by atoms with van der Waals surface area (Å²) in [6, 6.07) is 0. The van der Waals surface area contributed by atoms with Crippen LogP contribution >= 0.6 is 31.9 Å². The minimum absolute atomic E-state index is 0.235. The topological polar surface area (TPSA) is 17.1 Å². The minimum atomic E-state index is 0.235. The van der Waals surface area contributed by atoms with Gasteiger partial charge in [-0.15, -0.1) is 0 Å². The van der Waals surface area contributed by atoms with Crippen LogP contribution in [0.1, 0.15) is 6.42 Å². The van der Waals surface area contributed by atoms with E-state index in [4.69, 9.17) is 0 Å². The quantitative estimate of drug-likeness (QED) is 0.629. The van der Waals surface area contributed by atoms with Crippen molar-refractivity contribution < 1.29 is 4.79 Å². The van der Waals surface area contributed by atoms with Crippen LogP contribution in [0.2, 0.25) is 0 Å². The molecule has 0 aliphatic heterocycles. The van der Waals surface area contributed by atoms with Crippen LogP contribution in [0.4, 0.5) is 0 Å². The Bertz CT molecular complexity index is 356. The first kappa shape index (κ1) is 8.42. The Morgan fingerprint density at radius 1 is 1.15 bits per heavy atom. The number of rotatable bonds is 0. The second kappa shape index (κ2) is 2.57. The molecule has 1 saturated carbocycles. The third kappa shape index (κ3) is 0.899. The molecule has 3 rings (SSSR count). The van der Waals surface area contributed by atoms with E-state index in [1.807, 2.05) is 0 Å². The van der Waals surface area contributed by atoms with Crippen LogP contribution in [-0.2, 0) is 4.79 Å². The van der Waals surface area contributed by atoms with E-state index in [1.54, 1.807) is 0 Å². The number of allylic oxidation sites excluding steroid dienone is 4. The summed E-state index contributed by atoms with van der Waals surface area (Å²) in [7, 11) is 0. The molecule has 1 nitrogen and oxygen atoms in total. The summed E-state index contributed by atoms with van der Waals surface area (Å²) >= 11 is 6.89. The lowest BCUT2D eigenvalue weighted by Crippen LogP contribution is -2.21. The lowest BCUT2D eigenvalue weighted by Gasteiger charge is -2.19. The third-order valence-corrected chi connectivity index (χ3v) is 5.76. The molecule has 0 spiro atoms. The highest BCUT2D eigenvalue weighted by molar-refractivity contribution is 9.14. The van der Waals surface area contributed by atoms with Gasteiger partial charge in [0, 0.05) is 16.3 Å². The second-order valence-corrected chi connectivity index (χ2v) is 5.67. The summed E-state index contributed by atoms with van der Waals surface area (Å²) in [5.74, 6) is 2.08. The van der Waals surface area contributed by atoms with Gasteiger partial charge in [0.15, 0.2) is 5.78 Å². The van der Waals surface area contributed by atoms with E-state index in [2.05, 4.69) is 44.0 Å².